The van der Waals surface area contributed by atoms with Crippen LogP contribution in [0.4, 0.5) is 26.3 Å². The molecule has 1 atom stereocenters. The summed E-state index contributed by atoms with van der Waals surface area (Å²) < 4.78 is 83.3. The fourth-order valence-electron chi connectivity index (χ4n) is 6.49. The molecule has 0 fully saturated rings. The van der Waals surface area contributed by atoms with E-state index in [9.17, 15) is 26.3 Å². The second-order valence-corrected chi connectivity index (χ2v) is 26.7. The van der Waals surface area contributed by atoms with Gasteiger partial charge in [0.05, 0.1) is 0 Å². The van der Waals surface area contributed by atoms with Crippen molar-refractivity contribution < 1.29 is 44.2 Å². The second kappa shape index (κ2) is 10.5. The monoisotopic (exact) mass is 710 g/mol. The van der Waals surface area contributed by atoms with E-state index in [1.807, 2.05) is 50.3 Å². The van der Waals surface area contributed by atoms with Gasteiger partial charge in [0.25, 0.3) is 0 Å². The van der Waals surface area contributed by atoms with Gasteiger partial charge >= 0.3 is 255 Å². The van der Waals surface area contributed by atoms with Gasteiger partial charge in [-0.25, -0.2) is 0 Å². The standard InChI is InChI=1S/C20H15F6.C12H9Si.2ClH.Zr/c1-3-12-4-5-13-6-11(2)7-17(13)18(12)14-8-15(19(21,22)23)10-16(9-14)20(24,25)26;1-3-7-11-9(5-1)10-6-2-4-8-12(10)13-11;;;/h4-10H,3H2,1-2H3;1-7H,13H2;2*1H;/q;;;;+2/p-2. The Balaban J connectivity index is 1.53. The molecule has 0 radical (unpaired) electrons. The fraction of sp³-hybridized carbons (Fsp3) is 0.188. The van der Waals surface area contributed by atoms with Gasteiger partial charge in [0.15, 0.2) is 0 Å². The number of hydrogen-bond acceptors (Lipinski definition) is 0. The first-order chi connectivity index (χ1) is 19.7. The zero-order valence-electron chi connectivity index (χ0n) is 22.5. The maximum atomic E-state index is 13.8. The molecule has 1 aliphatic heterocycles. The third kappa shape index (κ3) is 4.96. The number of halogens is 8. The number of hydrogen-bond donors (Lipinski definition) is 0. The summed E-state index contributed by atoms with van der Waals surface area (Å²) in [5, 5.41) is 2.56. The van der Waals surface area contributed by atoms with E-state index in [-0.39, 0.29) is 15.3 Å². The van der Waals surface area contributed by atoms with Gasteiger partial charge in [-0.1, -0.05) is 0 Å². The SMILES string of the molecule is CCc1ccc2c(c1-c1cc(C(F)(F)F)cc(C(F)(F)F)c1)C=C(C)[CH]2[Zr]([Cl])([Cl])[c]1cccc2c1[SiH2]c1ccccc1-2. The van der Waals surface area contributed by atoms with Crippen LogP contribution in [0.1, 0.15) is 45.3 Å². The van der Waals surface area contributed by atoms with Crippen LogP contribution >= 0.6 is 17.0 Å². The molecule has 0 amide bonds. The number of benzene rings is 4. The molecule has 4 aromatic carbocycles. The van der Waals surface area contributed by atoms with Gasteiger partial charge in [-0.15, -0.1) is 0 Å². The average Bonchev–Trinajstić information content (AvgIpc) is 3.48. The molecule has 0 nitrogen and oxygen atoms in total. The van der Waals surface area contributed by atoms with Gasteiger partial charge in [0.1, 0.15) is 0 Å². The topological polar surface area (TPSA) is 0 Å². The maximum absolute atomic E-state index is 13.8. The van der Waals surface area contributed by atoms with E-state index >= 15 is 0 Å². The molecule has 2 aliphatic rings. The minimum atomic E-state index is -4.94. The van der Waals surface area contributed by atoms with Crippen molar-refractivity contribution in [3.8, 4) is 22.3 Å². The Morgan fingerprint density at radius 1 is 0.810 bits per heavy atom. The molecule has 216 valence electrons. The third-order valence-corrected chi connectivity index (χ3v) is 22.9. The molecule has 0 N–H and O–H groups in total. The molecule has 1 heterocycles. The van der Waals surface area contributed by atoms with Crippen LogP contribution in [0.15, 0.2) is 78.4 Å². The van der Waals surface area contributed by atoms with E-state index in [4.69, 9.17) is 17.0 Å². The number of allylic oxidation sites excluding steroid dienone is 1. The van der Waals surface area contributed by atoms with Crippen LogP contribution < -0.4 is 13.6 Å². The van der Waals surface area contributed by atoms with Crippen LogP contribution in [0.2, 0.25) is 0 Å². The van der Waals surface area contributed by atoms with Gasteiger partial charge < -0.3 is 0 Å². The molecular formula is C32H24Cl2F6SiZr. The number of aryl methyl sites for hydroxylation is 1. The van der Waals surface area contributed by atoms with Crippen molar-refractivity contribution in [1.82, 2.24) is 0 Å². The Labute approximate surface area is 253 Å². The zero-order chi connectivity index (χ0) is 30.2. The zero-order valence-corrected chi connectivity index (χ0v) is 27.9. The molecule has 10 heteroatoms. The molecule has 0 aromatic heterocycles. The Morgan fingerprint density at radius 2 is 1.45 bits per heavy atom. The van der Waals surface area contributed by atoms with Crippen LogP contribution in [-0.2, 0) is 36.7 Å². The molecule has 42 heavy (non-hydrogen) atoms. The Bertz CT molecular complexity index is 1740. The molecular weight excluding hydrogens is 689 g/mol. The molecule has 0 saturated carbocycles. The molecule has 0 bridgehead atoms. The van der Waals surface area contributed by atoms with Crippen molar-refractivity contribution in [3.05, 3.63) is 106 Å². The van der Waals surface area contributed by atoms with Crippen molar-refractivity contribution in [2.45, 2.75) is 36.2 Å². The van der Waals surface area contributed by atoms with E-state index in [2.05, 4.69) is 18.2 Å². The third-order valence-electron chi connectivity index (χ3n) is 8.33. The van der Waals surface area contributed by atoms with Gasteiger partial charge in [0.2, 0.25) is 0 Å². The fourth-order valence-corrected chi connectivity index (χ4v) is 23.6. The molecule has 4 aromatic rings. The van der Waals surface area contributed by atoms with Crippen LogP contribution in [-0.4, -0.2) is 9.52 Å². The van der Waals surface area contributed by atoms with E-state index in [0.717, 1.165) is 32.1 Å². The quantitative estimate of drug-likeness (QED) is 0.130. The Kier molecular flexibility index (Phi) is 7.48. The molecule has 0 saturated heterocycles. The van der Waals surface area contributed by atoms with Gasteiger partial charge in [-0.05, 0) is 0 Å². The molecule has 1 unspecified atom stereocenters. The van der Waals surface area contributed by atoms with Crippen molar-refractivity contribution in [2.75, 3.05) is 0 Å². The van der Waals surface area contributed by atoms with E-state index in [1.165, 1.54) is 15.9 Å². The Morgan fingerprint density at radius 3 is 2.10 bits per heavy atom. The number of alkyl halides is 6. The normalized spacial score (nSPS) is 16.8. The van der Waals surface area contributed by atoms with Crippen molar-refractivity contribution in [3.63, 3.8) is 0 Å². The molecule has 1 aliphatic carbocycles. The summed E-state index contributed by atoms with van der Waals surface area (Å²) >= 11 is -4.32. The summed E-state index contributed by atoms with van der Waals surface area (Å²) in [6, 6.07) is 19.9. The number of rotatable bonds is 4. The summed E-state index contributed by atoms with van der Waals surface area (Å²) in [5.41, 5.74) is 2.81. The first-order valence-corrected chi connectivity index (χ1v) is 23.8. The predicted octanol–water partition coefficient (Wildman–Crippen LogP) is 8.30. The summed E-state index contributed by atoms with van der Waals surface area (Å²) in [6.07, 6.45) is -7.61. The molecule has 6 rings (SSSR count). The van der Waals surface area contributed by atoms with Crippen LogP contribution in [0.5, 0.6) is 0 Å². The first-order valence-electron chi connectivity index (χ1n) is 13.4. The predicted molar refractivity (Wildman–Crippen MR) is 159 cm³/mol. The Hall–Kier alpha value is -2.12. The van der Waals surface area contributed by atoms with Gasteiger partial charge in [-0.2, -0.15) is 0 Å². The summed E-state index contributed by atoms with van der Waals surface area (Å²) in [6.45, 7) is 3.73. The van der Waals surface area contributed by atoms with Crippen LogP contribution in [0.3, 0.4) is 0 Å². The van der Waals surface area contributed by atoms with Crippen molar-refractivity contribution >= 4 is 46.3 Å². The molecule has 0 spiro atoms. The van der Waals surface area contributed by atoms with Crippen molar-refractivity contribution in [2.24, 2.45) is 0 Å². The summed E-state index contributed by atoms with van der Waals surface area (Å²) in [5.74, 6) is 0. The van der Waals surface area contributed by atoms with E-state index < -0.39 is 50.9 Å². The van der Waals surface area contributed by atoms with Crippen LogP contribution in [0, 0.1) is 0 Å². The van der Waals surface area contributed by atoms with Gasteiger partial charge in [0, 0.05) is 0 Å². The number of fused-ring (bicyclic) bond motifs is 4. The van der Waals surface area contributed by atoms with Crippen LogP contribution in [0.25, 0.3) is 28.3 Å². The summed E-state index contributed by atoms with van der Waals surface area (Å²) in [7, 11) is 14.2. The van der Waals surface area contributed by atoms with E-state index in [1.54, 1.807) is 6.07 Å². The minimum absolute atomic E-state index is 0.121. The average molecular weight is 713 g/mol. The van der Waals surface area contributed by atoms with Gasteiger partial charge in [-0.3, -0.25) is 0 Å². The van der Waals surface area contributed by atoms with Crippen molar-refractivity contribution in [1.29, 1.82) is 0 Å². The second-order valence-electron chi connectivity index (χ2n) is 10.9. The van der Waals surface area contributed by atoms with E-state index in [0.29, 0.717) is 23.1 Å². The first kappa shape index (κ1) is 29.9. The summed E-state index contributed by atoms with van der Waals surface area (Å²) in [4.78, 5) is 0.